The van der Waals surface area contributed by atoms with Crippen LogP contribution in [0.3, 0.4) is 0 Å². The van der Waals surface area contributed by atoms with E-state index in [0.29, 0.717) is 6.41 Å². The highest BCUT2D eigenvalue weighted by Crippen LogP contribution is 2.25. The lowest BCUT2D eigenvalue weighted by atomic mass is 10.0. The predicted molar refractivity (Wildman–Crippen MR) is 63.8 cm³/mol. The van der Waals surface area contributed by atoms with Crippen LogP contribution in [-0.2, 0) is 4.79 Å². The maximum absolute atomic E-state index is 10.1. The third kappa shape index (κ3) is 2.03. The number of phenols is 1. The lowest BCUT2D eigenvalue weighted by Gasteiger charge is -2.03. The number of rotatable bonds is 3. The van der Waals surface area contributed by atoms with Gasteiger partial charge in [0.25, 0.3) is 0 Å². The van der Waals surface area contributed by atoms with Crippen LogP contribution in [0.15, 0.2) is 42.6 Å². The number of hydrogen-bond donors (Lipinski definition) is 2. The molecule has 0 spiro atoms. The average Bonchev–Trinajstić information content (AvgIpc) is 2.29. The van der Waals surface area contributed by atoms with Crippen LogP contribution in [0.25, 0.3) is 16.8 Å². The van der Waals surface area contributed by atoms with Crippen LogP contribution < -0.4 is 5.32 Å². The van der Waals surface area contributed by atoms with E-state index < -0.39 is 0 Å². The molecule has 0 aliphatic carbocycles. The second kappa shape index (κ2) is 4.49. The van der Waals surface area contributed by atoms with E-state index in [1.54, 1.807) is 18.2 Å². The fourth-order valence-corrected chi connectivity index (χ4v) is 1.64. The van der Waals surface area contributed by atoms with Crippen LogP contribution in [0.1, 0.15) is 5.56 Å². The SMILES string of the molecule is O=CNC=Cc1cc(O)cc2ccccc12. The van der Waals surface area contributed by atoms with Gasteiger partial charge in [0.2, 0.25) is 6.41 Å². The Kier molecular flexibility index (Phi) is 2.87. The van der Waals surface area contributed by atoms with Crippen molar-refractivity contribution in [3.63, 3.8) is 0 Å². The quantitative estimate of drug-likeness (QED) is 0.768. The molecule has 2 rings (SSSR count). The van der Waals surface area contributed by atoms with E-state index in [2.05, 4.69) is 5.32 Å². The van der Waals surface area contributed by atoms with Gasteiger partial charge in [-0.05, 0) is 34.5 Å². The number of hydrogen-bond acceptors (Lipinski definition) is 2. The lowest BCUT2D eigenvalue weighted by molar-refractivity contribution is -0.108. The van der Waals surface area contributed by atoms with E-state index in [9.17, 15) is 9.90 Å². The van der Waals surface area contributed by atoms with Crippen molar-refractivity contribution in [3.05, 3.63) is 48.2 Å². The smallest absolute Gasteiger partial charge is 0.211 e. The third-order valence-electron chi connectivity index (χ3n) is 2.31. The average molecular weight is 213 g/mol. The zero-order valence-electron chi connectivity index (χ0n) is 8.55. The molecule has 0 aromatic heterocycles. The Morgan fingerprint density at radius 2 is 2.00 bits per heavy atom. The second-order valence-corrected chi connectivity index (χ2v) is 3.37. The van der Waals surface area contributed by atoms with Gasteiger partial charge in [-0.1, -0.05) is 24.3 Å². The first kappa shape index (κ1) is 10.2. The molecule has 16 heavy (non-hydrogen) atoms. The largest absolute Gasteiger partial charge is 0.508 e. The molecule has 0 heterocycles. The fraction of sp³-hybridized carbons (Fsp3) is 0. The molecule has 0 aliphatic rings. The van der Waals surface area contributed by atoms with Gasteiger partial charge in [0, 0.05) is 6.20 Å². The summed E-state index contributed by atoms with van der Waals surface area (Å²) in [5.74, 6) is 0.212. The van der Waals surface area contributed by atoms with Gasteiger partial charge in [-0.25, -0.2) is 0 Å². The minimum Gasteiger partial charge on any atom is -0.508 e. The Hall–Kier alpha value is -2.29. The third-order valence-corrected chi connectivity index (χ3v) is 2.31. The highest BCUT2D eigenvalue weighted by Gasteiger charge is 1.99. The summed E-state index contributed by atoms with van der Waals surface area (Å²) in [4.78, 5) is 10.1. The van der Waals surface area contributed by atoms with Crippen molar-refractivity contribution in [3.8, 4) is 5.75 Å². The molecule has 2 aromatic carbocycles. The predicted octanol–water partition coefficient (Wildman–Crippen LogP) is 2.26. The number of carbonyl (C=O) groups excluding carboxylic acids is 1. The zero-order chi connectivity index (χ0) is 11.4. The van der Waals surface area contributed by atoms with Crippen LogP contribution in [0.2, 0.25) is 0 Å². The van der Waals surface area contributed by atoms with Gasteiger partial charge < -0.3 is 10.4 Å². The van der Waals surface area contributed by atoms with E-state index in [-0.39, 0.29) is 5.75 Å². The maximum atomic E-state index is 10.1. The number of fused-ring (bicyclic) bond motifs is 1. The van der Waals surface area contributed by atoms with Crippen LogP contribution in [-0.4, -0.2) is 11.5 Å². The highest BCUT2D eigenvalue weighted by molar-refractivity contribution is 5.91. The molecule has 3 heteroatoms. The number of phenolic OH excluding ortho intramolecular Hbond substituents is 1. The van der Waals surface area contributed by atoms with Crippen molar-refractivity contribution in [1.82, 2.24) is 5.32 Å². The summed E-state index contributed by atoms with van der Waals surface area (Å²) in [5, 5.41) is 14.0. The minimum absolute atomic E-state index is 0.212. The number of benzene rings is 2. The van der Waals surface area contributed by atoms with Crippen molar-refractivity contribution in [2.75, 3.05) is 0 Å². The molecule has 0 radical (unpaired) electrons. The number of nitrogens with one attached hydrogen (secondary N) is 1. The van der Waals surface area contributed by atoms with Crippen molar-refractivity contribution >= 4 is 23.3 Å². The van der Waals surface area contributed by atoms with Crippen molar-refractivity contribution in [2.45, 2.75) is 0 Å². The summed E-state index contributed by atoms with van der Waals surface area (Å²) in [5.41, 5.74) is 0.866. The summed E-state index contributed by atoms with van der Waals surface area (Å²) in [7, 11) is 0. The van der Waals surface area contributed by atoms with Crippen LogP contribution in [0.4, 0.5) is 0 Å². The Bertz CT molecular complexity index is 547. The molecule has 3 nitrogen and oxygen atoms in total. The number of carbonyl (C=O) groups is 1. The molecule has 0 unspecified atom stereocenters. The molecule has 2 aromatic rings. The number of aromatic hydroxyl groups is 1. The molecule has 0 saturated heterocycles. The van der Waals surface area contributed by atoms with E-state index in [1.165, 1.54) is 6.20 Å². The molecule has 0 saturated carbocycles. The number of amides is 1. The van der Waals surface area contributed by atoms with E-state index in [0.717, 1.165) is 16.3 Å². The van der Waals surface area contributed by atoms with Crippen molar-refractivity contribution in [2.24, 2.45) is 0 Å². The van der Waals surface area contributed by atoms with Gasteiger partial charge in [0.1, 0.15) is 5.75 Å². The maximum Gasteiger partial charge on any atom is 0.211 e. The van der Waals surface area contributed by atoms with E-state index in [4.69, 9.17) is 0 Å². The first-order valence-electron chi connectivity index (χ1n) is 4.89. The topological polar surface area (TPSA) is 49.3 Å². The first-order valence-corrected chi connectivity index (χ1v) is 4.89. The zero-order valence-corrected chi connectivity index (χ0v) is 8.55. The molecule has 0 atom stereocenters. The Labute approximate surface area is 93.0 Å². The second-order valence-electron chi connectivity index (χ2n) is 3.37. The Morgan fingerprint density at radius 1 is 1.19 bits per heavy atom. The summed E-state index contributed by atoms with van der Waals surface area (Å²) in [6, 6.07) is 11.1. The molecule has 1 amide bonds. The molecule has 0 bridgehead atoms. The van der Waals surface area contributed by atoms with Crippen LogP contribution in [0, 0.1) is 0 Å². The lowest BCUT2D eigenvalue weighted by Crippen LogP contribution is -1.97. The van der Waals surface area contributed by atoms with Gasteiger partial charge in [0.05, 0.1) is 0 Å². The van der Waals surface area contributed by atoms with Gasteiger partial charge >= 0.3 is 0 Å². The Balaban J connectivity index is 2.54. The monoisotopic (exact) mass is 213 g/mol. The van der Waals surface area contributed by atoms with Crippen molar-refractivity contribution in [1.29, 1.82) is 0 Å². The highest BCUT2D eigenvalue weighted by atomic mass is 16.3. The van der Waals surface area contributed by atoms with Gasteiger partial charge in [-0.3, -0.25) is 4.79 Å². The normalized spacial score (nSPS) is 10.8. The summed E-state index contributed by atoms with van der Waals surface area (Å²) >= 11 is 0. The van der Waals surface area contributed by atoms with E-state index >= 15 is 0 Å². The molecular weight excluding hydrogens is 202 g/mol. The molecule has 80 valence electrons. The molecule has 0 fully saturated rings. The van der Waals surface area contributed by atoms with E-state index in [1.807, 2.05) is 24.3 Å². The van der Waals surface area contributed by atoms with Crippen LogP contribution >= 0.6 is 0 Å². The molecule has 0 aliphatic heterocycles. The summed E-state index contributed by atoms with van der Waals surface area (Å²) < 4.78 is 0. The molecule has 2 N–H and O–H groups in total. The fourth-order valence-electron chi connectivity index (χ4n) is 1.64. The van der Waals surface area contributed by atoms with Gasteiger partial charge in [0.15, 0.2) is 0 Å². The summed E-state index contributed by atoms with van der Waals surface area (Å²) in [6.07, 6.45) is 3.88. The van der Waals surface area contributed by atoms with Crippen molar-refractivity contribution < 1.29 is 9.90 Å². The first-order chi connectivity index (χ1) is 7.81. The van der Waals surface area contributed by atoms with Gasteiger partial charge in [-0.2, -0.15) is 0 Å². The van der Waals surface area contributed by atoms with Crippen LogP contribution in [0.5, 0.6) is 5.75 Å². The summed E-state index contributed by atoms with van der Waals surface area (Å²) in [6.45, 7) is 0. The van der Waals surface area contributed by atoms with Gasteiger partial charge in [-0.15, -0.1) is 0 Å². The standard InChI is InChI=1S/C13H11NO2/c15-9-14-6-5-11-8-12(16)7-10-3-1-2-4-13(10)11/h1-9,16H,(H,14,15). The minimum atomic E-state index is 0.212. The Morgan fingerprint density at radius 3 is 2.81 bits per heavy atom. The molecular formula is C13H11NO2.